The molecule has 0 atom stereocenters. The maximum Gasteiger partial charge on any atom is 0.301 e. The Morgan fingerprint density at radius 1 is 0.714 bits per heavy atom. The summed E-state index contributed by atoms with van der Waals surface area (Å²) in [7, 11) is -9.78. The summed E-state index contributed by atoms with van der Waals surface area (Å²) in [5.74, 6) is 0. The van der Waals surface area contributed by atoms with Gasteiger partial charge in [0.2, 0.25) is 0 Å². The minimum absolute atomic E-state index is 0.0879. The summed E-state index contributed by atoms with van der Waals surface area (Å²) in [6.45, 7) is 0. The van der Waals surface area contributed by atoms with Gasteiger partial charge in [-0.05, 0) is 35.4 Å². The molecular weight excluding hydrogens is 420 g/mol. The lowest BCUT2D eigenvalue weighted by Gasteiger charge is -2.03. The zero-order valence-corrected chi connectivity index (χ0v) is 15.1. The second-order valence-electron chi connectivity index (χ2n) is 5.25. The summed E-state index contributed by atoms with van der Waals surface area (Å²) < 4.78 is 63.5. The van der Waals surface area contributed by atoms with E-state index in [0.717, 1.165) is 24.3 Å². The van der Waals surface area contributed by atoms with Crippen molar-refractivity contribution in [3.8, 4) is 0 Å². The van der Waals surface area contributed by atoms with Crippen LogP contribution in [0.3, 0.4) is 0 Å². The Morgan fingerprint density at radius 2 is 1.04 bits per heavy atom. The lowest BCUT2D eigenvalue weighted by atomic mass is 10.1. The van der Waals surface area contributed by atoms with Gasteiger partial charge >= 0.3 is 20.2 Å². The van der Waals surface area contributed by atoms with Crippen molar-refractivity contribution < 1.29 is 35.8 Å². The first-order valence-corrected chi connectivity index (χ1v) is 9.88. The average molecular weight is 430 g/mol. The minimum Gasteiger partial charge on any atom is -0.282 e. The fourth-order valence-corrected chi connectivity index (χ4v) is 3.56. The van der Waals surface area contributed by atoms with Gasteiger partial charge in [-0.1, -0.05) is 12.2 Å². The maximum absolute atomic E-state index is 11.3. The van der Waals surface area contributed by atoms with Crippen LogP contribution in [0.15, 0.2) is 46.2 Å². The van der Waals surface area contributed by atoms with E-state index in [2.05, 4.69) is 0 Å². The van der Waals surface area contributed by atoms with E-state index in [1.807, 2.05) is 0 Å². The molecule has 0 aromatic heterocycles. The molecule has 2 rings (SSSR count). The van der Waals surface area contributed by atoms with Crippen molar-refractivity contribution >= 4 is 43.8 Å². The molecule has 2 N–H and O–H groups in total. The molecule has 12 nitrogen and oxygen atoms in total. The quantitative estimate of drug-likeness (QED) is 0.296. The van der Waals surface area contributed by atoms with E-state index >= 15 is 0 Å². The van der Waals surface area contributed by atoms with E-state index in [1.54, 1.807) is 0 Å². The number of nitrogens with zero attached hydrogens (tertiary/aromatic N) is 2. The van der Waals surface area contributed by atoms with Gasteiger partial charge in [0.15, 0.2) is 9.79 Å². The highest BCUT2D eigenvalue weighted by molar-refractivity contribution is 7.86. The van der Waals surface area contributed by atoms with E-state index < -0.39 is 51.2 Å². The van der Waals surface area contributed by atoms with Gasteiger partial charge in [-0.2, -0.15) is 16.8 Å². The third-order valence-corrected chi connectivity index (χ3v) is 5.15. The van der Waals surface area contributed by atoms with Crippen LogP contribution in [0, 0.1) is 20.2 Å². The summed E-state index contributed by atoms with van der Waals surface area (Å²) in [6, 6.07) is 5.67. The van der Waals surface area contributed by atoms with Gasteiger partial charge in [-0.25, -0.2) is 0 Å². The van der Waals surface area contributed by atoms with Crippen molar-refractivity contribution in [1.29, 1.82) is 0 Å². The Morgan fingerprint density at radius 3 is 1.29 bits per heavy atom. The van der Waals surface area contributed by atoms with Crippen LogP contribution < -0.4 is 0 Å². The second kappa shape index (κ2) is 7.43. The zero-order valence-electron chi connectivity index (χ0n) is 13.5. The van der Waals surface area contributed by atoms with Crippen molar-refractivity contribution in [3.63, 3.8) is 0 Å². The summed E-state index contributed by atoms with van der Waals surface area (Å²) in [4.78, 5) is 17.8. The molecule has 0 amide bonds. The first-order chi connectivity index (χ1) is 12.8. The van der Waals surface area contributed by atoms with Crippen molar-refractivity contribution in [2.75, 3.05) is 0 Å². The number of rotatable bonds is 6. The number of hydrogen-bond acceptors (Lipinski definition) is 8. The molecule has 0 unspecified atom stereocenters. The normalized spacial score (nSPS) is 12.2. The number of benzene rings is 2. The van der Waals surface area contributed by atoms with Crippen molar-refractivity contribution in [2.45, 2.75) is 9.79 Å². The van der Waals surface area contributed by atoms with Crippen LogP contribution in [0.5, 0.6) is 0 Å². The van der Waals surface area contributed by atoms with Gasteiger partial charge in [0.05, 0.1) is 9.85 Å². The standard InChI is InChI=1S/C14H10N2O10S2/c17-15(18)11-5-3-9(7-13(11)27(21,22)23)1-2-10-4-6-12(16(19)20)14(8-10)28(24,25)26/h1-8H,(H,21,22,23)(H,24,25,26). The largest absolute Gasteiger partial charge is 0.301 e. The van der Waals surface area contributed by atoms with E-state index in [1.165, 1.54) is 24.3 Å². The predicted molar refractivity (Wildman–Crippen MR) is 94.8 cm³/mol. The maximum atomic E-state index is 11.3. The summed E-state index contributed by atoms with van der Waals surface area (Å²) in [6.07, 6.45) is 2.43. The molecule has 0 saturated heterocycles. The SMILES string of the molecule is O=[N+]([O-])c1ccc(C=Cc2ccc([N+](=O)[O-])c(S(=O)(=O)O)c2)cc1S(=O)(=O)O. The molecule has 0 spiro atoms. The van der Waals surface area contributed by atoms with Gasteiger partial charge in [-0.3, -0.25) is 29.3 Å². The van der Waals surface area contributed by atoms with E-state index in [9.17, 15) is 37.1 Å². The minimum atomic E-state index is -4.89. The third-order valence-electron chi connectivity index (χ3n) is 3.39. The van der Waals surface area contributed by atoms with Crippen LogP contribution in [0.1, 0.15) is 11.1 Å². The summed E-state index contributed by atoms with van der Waals surface area (Å²) >= 11 is 0. The lowest BCUT2D eigenvalue weighted by molar-refractivity contribution is -0.388. The number of nitro benzene ring substituents is 2. The molecule has 0 aliphatic rings. The van der Waals surface area contributed by atoms with Crippen molar-refractivity contribution in [3.05, 3.63) is 67.8 Å². The van der Waals surface area contributed by atoms with Gasteiger partial charge < -0.3 is 0 Å². The first-order valence-electron chi connectivity index (χ1n) is 7.00. The molecule has 0 radical (unpaired) electrons. The third kappa shape index (κ3) is 4.74. The monoisotopic (exact) mass is 430 g/mol. The predicted octanol–water partition coefficient (Wildman–Crippen LogP) is 2.17. The molecule has 2 aromatic carbocycles. The molecular formula is C14H10N2O10S2. The second-order valence-corrected chi connectivity index (χ2v) is 8.03. The highest BCUT2D eigenvalue weighted by Crippen LogP contribution is 2.27. The van der Waals surface area contributed by atoms with Crippen LogP contribution in [-0.2, 0) is 20.2 Å². The number of nitro groups is 2. The van der Waals surface area contributed by atoms with Crippen molar-refractivity contribution in [1.82, 2.24) is 0 Å². The van der Waals surface area contributed by atoms with Crippen LogP contribution in [0.2, 0.25) is 0 Å². The molecule has 0 aliphatic carbocycles. The number of hydrogen-bond donors (Lipinski definition) is 2. The molecule has 0 bridgehead atoms. The van der Waals surface area contributed by atoms with E-state index in [4.69, 9.17) is 9.11 Å². The Bertz CT molecular complexity index is 1120. The molecule has 0 saturated carbocycles. The fraction of sp³-hybridized carbons (Fsp3) is 0. The smallest absolute Gasteiger partial charge is 0.282 e. The lowest BCUT2D eigenvalue weighted by Crippen LogP contribution is -2.04. The summed E-state index contributed by atoms with van der Waals surface area (Å²) in [5.41, 5.74) is -1.51. The molecule has 2 aromatic rings. The highest BCUT2D eigenvalue weighted by Gasteiger charge is 2.25. The molecule has 148 valence electrons. The fourth-order valence-electron chi connectivity index (χ4n) is 2.18. The average Bonchev–Trinajstić information content (AvgIpc) is 2.57. The Labute approximate surface area is 157 Å². The molecule has 28 heavy (non-hydrogen) atoms. The molecule has 0 heterocycles. The molecule has 0 fully saturated rings. The van der Waals surface area contributed by atoms with Crippen LogP contribution >= 0.6 is 0 Å². The molecule has 14 heteroatoms. The Hall–Kier alpha value is -3.20. The van der Waals surface area contributed by atoms with Gasteiger partial charge in [0.25, 0.3) is 11.4 Å². The van der Waals surface area contributed by atoms with Crippen LogP contribution in [0.4, 0.5) is 11.4 Å². The highest BCUT2D eigenvalue weighted by atomic mass is 32.2. The Balaban J connectivity index is 2.52. The zero-order chi connectivity index (χ0) is 21.3. The topological polar surface area (TPSA) is 195 Å². The van der Waals surface area contributed by atoms with E-state index in [0.29, 0.717) is 0 Å². The van der Waals surface area contributed by atoms with Crippen LogP contribution in [-0.4, -0.2) is 35.8 Å². The van der Waals surface area contributed by atoms with Gasteiger partial charge in [0, 0.05) is 12.1 Å². The van der Waals surface area contributed by atoms with Crippen molar-refractivity contribution in [2.24, 2.45) is 0 Å². The van der Waals surface area contributed by atoms with Gasteiger partial charge in [-0.15, -0.1) is 0 Å². The Kier molecular flexibility index (Phi) is 5.60. The van der Waals surface area contributed by atoms with Gasteiger partial charge in [0.1, 0.15) is 0 Å². The van der Waals surface area contributed by atoms with Crippen LogP contribution in [0.25, 0.3) is 12.2 Å². The van der Waals surface area contributed by atoms with E-state index in [-0.39, 0.29) is 11.1 Å². The summed E-state index contributed by atoms with van der Waals surface area (Å²) in [5, 5.41) is 21.7. The molecule has 0 aliphatic heterocycles. The first kappa shape index (κ1) is 21.1.